The summed E-state index contributed by atoms with van der Waals surface area (Å²) >= 11 is 0. The number of rotatable bonds is 6. The van der Waals surface area contributed by atoms with Gasteiger partial charge in [0.15, 0.2) is 0 Å². The molecule has 0 spiro atoms. The zero-order valence-corrected chi connectivity index (χ0v) is 15.8. The number of aromatic nitrogens is 2. The van der Waals surface area contributed by atoms with Gasteiger partial charge in [0.05, 0.1) is 13.3 Å². The molecule has 27 heavy (non-hydrogen) atoms. The summed E-state index contributed by atoms with van der Waals surface area (Å²) < 4.78 is 5.43. The predicted molar refractivity (Wildman–Crippen MR) is 105 cm³/mol. The number of allylic oxidation sites excluding steroid dienone is 1. The maximum atomic E-state index is 12.6. The maximum Gasteiger partial charge on any atom is 0.274 e. The molecule has 6 nitrogen and oxygen atoms in total. The van der Waals surface area contributed by atoms with Gasteiger partial charge in [-0.05, 0) is 30.0 Å². The van der Waals surface area contributed by atoms with Crippen molar-refractivity contribution < 1.29 is 9.53 Å². The monoisotopic (exact) mass is 366 g/mol. The summed E-state index contributed by atoms with van der Waals surface area (Å²) in [7, 11) is 1.69. The Morgan fingerprint density at radius 3 is 2.89 bits per heavy atom. The number of benzene rings is 1. The second-order valence-electron chi connectivity index (χ2n) is 6.65. The normalized spacial score (nSPS) is 15.2. The zero-order valence-electron chi connectivity index (χ0n) is 15.8. The van der Waals surface area contributed by atoms with Crippen LogP contribution in [0.25, 0.3) is 0 Å². The van der Waals surface area contributed by atoms with E-state index in [2.05, 4.69) is 33.6 Å². The number of carbonyl (C=O) groups is 1. The molecule has 6 heteroatoms. The van der Waals surface area contributed by atoms with Gasteiger partial charge in [0, 0.05) is 45.1 Å². The predicted octanol–water partition coefficient (Wildman–Crippen LogP) is 2.56. The molecule has 1 aliphatic heterocycles. The van der Waals surface area contributed by atoms with Gasteiger partial charge in [0.25, 0.3) is 5.91 Å². The largest absolute Gasteiger partial charge is 0.496 e. The van der Waals surface area contributed by atoms with E-state index in [1.54, 1.807) is 19.5 Å². The van der Waals surface area contributed by atoms with E-state index >= 15 is 0 Å². The summed E-state index contributed by atoms with van der Waals surface area (Å²) in [6, 6.07) is 6.32. The van der Waals surface area contributed by atoms with Crippen molar-refractivity contribution in [1.29, 1.82) is 0 Å². The van der Waals surface area contributed by atoms with Crippen LogP contribution in [-0.4, -0.2) is 59.0 Å². The van der Waals surface area contributed by atoms with Gasteiger partial charge in [-0.3, -0.25) is 14.7 Å². The number of hydrogen-bond acceptors (Lipinski definition) is 5. The van der Waals surface area contributed by atoms with E-state index in [1.807, 2.05) is 17.0 Å². The maximum absolute atomic E-state index is 12.6. The summed E-state index contributed by atoms with van der Waals surface area (Å²) in [5.74, 6) is 0.859. The van der Waals surface area contributed by atoms with Crippen LogP contribution in [0.5, 0.6) is 5.75 Å². The highest BCUT2D eigenvalue weighted by Crippen LogP contribution is 2.22. The van der Waals surface area contributed by atoms with E-state index in [4.69, 9.17) is 4.74 Å². The Hall–Kier alpha value is -2.73. The van der Waals surface area contributed by atoms with Gasteiger partial charge in [-0.1, -0.05) is 18.2 Å². The lowest BCUT2D eigenvalue weighted by molar-refractivity contribution is 0.0754. The van der Waals surface area contributed by atoms with Gasteiger partial charge < -0.3 is 9.64 Å². The van der Waals surface area contributed by atoms with Crippen molar-refractivity contribution in [1.82, 2.24) is 19.8 Å². The Bertz CT molecular complexity index is 779. The van der Waals surface area contributed by atoms with Crippen molar-refractivity contribution in [3.05, 3.63) is 66.3 Å². The van der Waals surface area contributed by atoms with Crippen molar-refractivity contribution in [2.75, 3.05) is 33.3 Å². The number of hydrogen-bond donors (Lipinski definition) is 0. The van der Waals surface area contributed by atoms with Gasteiger partial charge in [0.1, 0.15) is 11.4 Å². The van der Waals surface area contributed by atoms with Gasteiger partial charge >= 0.3 is 0 Å². The van der Waals surface area contributed by atoms with E-state index < -0.39 is 0 Å². The average molecular weight is 366 g/mol. The minimum absolute atomic E-state index is 0.0392. The van der Waals surface area contributed by atoms with Crippen LogP contribution in [0.15, 0.2) is 49.4 Å². The molecule has 1 saturated heterocycles. The first-order chi connectivity index (χ1) is 13.2. The quantitative estimate of drug-likeness (QED) is 0.736. The Labute approximate surface area is 160 Å². The Morgan fingerprint density at radius 2 is 2.15 bits per heavy atom. The number of methoxy groups -OCH3 is 1. The van der Waals surface area contributed by atoms with Crippen molar-refractivity contribution in [3.63, 3.8) is 0 Å². The highest BCUT2D eigenvalue weighted by molar-refractivity contribution is 5.91. The molecule has 0 N–H and O–H groups in total. The first-order valence-electron chi connectivity index (χ1n) is 9.25. The van der Waals surface area contributed by atoms with Gasteiger partial charge in [-0.25, -0.2) is 4.98 Å². The molecule has 3 rings (SSSR count). The third kappa shape index (κ3) is 4.92. The number of ether oxygens (including phenoxy) is 1. The third-order valence-electron chi connectivity index (χ3n) is 4.77. The molecule has 2 heterocycles. The van der Waals surface area contributed by atoms with Crippen LogP contribution in [0, 0.1) is 0 Å². The highest BCUT2D eigenvalue weighted by atomic mass is 16.5. The summed E-state index contributed by atoms with van der Waals surface area (Å²) in [5.41, 5.74) is 2.82. The highest BCUT2D eigenvalue weighted by Gasteiger charge is 2.21. The fourth-order valence-corrected chi connectivity index (χ4v) is 3.41. The molecule has 1 aromatic carbocycles. The second kappa shape index (κ2) is 9.28. The van der Waals surface area contributed by atoms with E-state index in [0.29, 0.717) is 12.2 Å². The van der Waals surface area contributed by atoms with E-state index in [0.717, 1.165) is 50.3 Å². The number of nitrogens with zero attached hydrogens (tertiary/aromatic N) is 4. The summed E-state index contributed by atoms with van der Waals surface area (Å²) in [4.78, 5) is 25.0. The van der Waals surface area contributed by atoms with Crippen LogP contribution >= 0.6 is 0 Å². The van der Waals surface area contributed by atoms with Crippen molar-refractivity contribution in [2.24, 2.45) is 0 Å². The van der Waals surface area contributed by atoms with E-state index in [1.165, 1.54) is 11.8 Å². The lowest BCUT2D eigenvalue weighted by Gasteiger charge is -2.22. The Balaban J connectivity index is 1.62. The number of amides is 1. The summed E-state index contributed by atoms with van der Waals surface area (Å²) in [6.45, 7) is 7.94. The molecule has 0 bridgehead atoms. The molecule has 1 aromatic heterocycles. The molecular weight excluding hydrogens is 340 g/mol. The Morgan fingerprint density at radius 1 is 1.26 bits per heavy atom. The molecule has 0 aliphatic carbocycles. The average Bonchev–Trinajstić information content (AvgIpc) is 2.94. The molecule has 1 amide bonds. The van der Waals surface area contributed by atoms with Gasteiger partial charge in [-0.15, -0.1) is 6.58 Å². The SMILES string of the molecule is C=CCc1cc(CN2CCCN(C(=O)c3cnccn3)CC2)ccc1OC. The fourth-order valence-electron chi connectivity index (χ4n) is 3.41. The molecule has 1 aliphatic rings. The van der Waals surface area contributed by atoms with E-state index in [9.17, 15) is 4.79 Å². The number of carbonyl (C=O) groups excluding carboxylic acids is 1. The fraction of sp³-hybridized carbons (Fsp3) is 0.381. The lowest BCUT2D eigenvalue weighted by atomic mass is 10.1. The third-order valence-corrected chi connectivity index (χ3v) is 4.77. The standard InChI is InChI=1S/C21H26N4O2/c1-3-5-18-14-17(6-7-20(18)27-2)16-24-10-4-11-25(13-12-24)21(26)19-15-22-8-9-23-19/h3,6-9,14-15H,1,4-5,10-13,16H2,2H3. The zero-order chi connectivity index (χ0) is 19.1. The van der Waals surface area contributed by atoms with Crippen molar-refractivity contribution >= 4 is 5.91 Å². The smallest absolute Gasteiger partial charge is 0.274 e. The second-order valence-corrected chi connectivity index (χ2v) is 6.65. The minimum atomic E-state index is -0.0392. The van der Waals surface area contributed by atoms with Gasteiger partial charge in [-0.2, -0.15) is 0 Å². The first kappa shape index (κ1) is 19.0. The molecular formula is C21H26N4O2. The molecule has 0 unspecified atom stereocenters. The molecule has 0 saturated carbocycles. The van der Waals surface area contributed by atoms with Crippen LogP contribution in [0.4, 0.5) is 0 Å². The van der Waals surface area contributed by atoms with Crippen molar-refractivity contribution in [2.45, 2.75) is 19.4 Å². The van der Waals surface area contributed by atoms with Crippen molar-refractivity contribution in [3.8, 4) is 5.75 Å². The summed E-state index contributed by atoms with van der Waals surface area (Å²) in [6.07, 6.45) is 8.30. The topological polar surface area (TPSA) is 58.6 Å². The summed E-state index contributed by atoms with van der Waals surface area (Å²) in [5, 5.41) is 0. The van der Waals surface area contributed by atoms with Crippen LogP contribution in [-0.2, 0) is 13.0 Å². The first-order valence-corrected chi connectivity index (χ1v) is 9.25. The Kier molecular flexibility index (Phi) is 6.54. The molecule has 0 atom stereocenters. The van der Waals surface area contributed by atoms with Crippen LogP contribution in [0.3, 0.4) is 0 Å². The van der Waals surface area contributed by atoms with Crippen LogP contribution < -0.4 is 4.74 Å². The lowest BCUT2D eigenvalue weighted by Crippen LogP contribution is -2.35. The molecule has 2 aromatic rings. The van der Waals surface area contributed by atoms with Gasteiger partial charge in [0.2, 0.25) is 0 Å². The minimum Gasteiger partial charge on any atom is -0.496 e. The van der Waals surface area contributed by atoms with Crippen LogP contribution in [0.2, 0.25) is 0 Å². The molecule has 142 valence electrons. The van der Waals surface area contributed by atoms with E-state index in [-0.39, 0.29) is 5.91 Å². The molecule has 0 radical (unpaired) electrons. The van der Waals surface area contributed by atoms with Crippen LogP contribution in [0.1, 0.15) is 28.0 Å². The molecule has 1 fully saturated rings.